The summed E-state index contributed by atoms with van der Waals surface area (Å²) in [5, 5.41) is 3.35. The summed E-state index contributed by atoms with van der Waals surface area (Å²) >= 11 is 0. The van der Waals surface area contributed by atoms with Crippen molar-refractivity contribution in [2.45, 2.75) is 33.0 Å². The second-order valence-corrected chi connectivity index (χ2v) is 3.53. The molecule has 0 fully saturated rings. The largest absolute Gasteiger partial charge is 0.380 e. The molecule has 1 N–H and O–H groups in total. The lowest BCUT2D eigenvalue weighted by Crippen LogP contribution is -2.25. The van der Waals surface area contributed by atoms with E-state index in [1.807, 2.05) is 0 Å². The fourth-order valence-electron chi connectivity index (χ4n) is 1.29. The Labute approximate surface area is 86.1 Å². The van der Waals surface area contributed by atoms with Gasteiger partial charge in [-0.1, -0.05) is 0 Å². The van der Waals surface area contributed by atoms with Gasteiger partial charge in [-0.25, -0.2) is 0 Å². The van der Waals surface area contributed by atoms with Crippen molar-refractivity contribution >= 4 is 0 Å². The van der Waals surface area contributed by atoms with E-state index in [0.29, 0.717) is 0 Å². The summed E-state index contributed by atoms with van der Waals surface area (Å²) in [7, 11) is 1.74. The summed E-state index contributed by atoms with van der Waals surface area (Å²) in [6, 6.07) is 2.15. The molecule has 0 spiro atoms. The number of rotatable bonds is 6. The van der Waals surface area contributed by atoms with Gasteiger partial charge in [0.2, 0.25) is 0 Å². The van der Waals surface area contributed by atoms with Crippen LogP contribution < -0.4 is 5.32 Å². The molecule has 0 aromatic carbocycles. The van der Waals surface area contributed by atoms with Gasteiger partial charge in [0.1, 0.15) is 0 Å². The average molecular weight is 196 g/mol. The van der Waals surface area contributed by atoms with Gasteiger partial charge in [0.05, 0.1) is 6.10 Å². The molecule has 3 nitrogen and oxygen atoms in total. The van der Waals surface area contributed by atoms with Crippen LogP contribution in [0.2, 0.25) is 0 Å². The third kappa shape index (κ3) is 3.52. The van der Waals surface area contributed by atoms with Gasteiger partial charge in [-0.05, 0) is 25.5 Å². The zero-order valence-corrected chi connectivity index (χ0v) is 9.29. The maximum absolute atomic E-state index is 5.15. The molecule has 1 unspecified atom stereocenters. The first-order valence-corrected chi connectivity index (χ1v) is 5.14. The van der Waals surface area contributed by atoms with Crippen LogP contribution in [0.15, 0.2) is 18.5 Å². The topological polar surface area (TPSA) is 26.2 Å². The monoisotopic (exact) mass is 196 g/mol. The van der Waals surface area contributed by atoms with Gasteiger partial charge in [0, 0.05) is 39.1 Å². The molecule has 1 rings (SSSR count). The van der Waals surface area contributed by atoms with E-state index in [1.165, 1.54) is 5.56 Å². The zero-order chi connectivity index (χ0) is 10.4. The Morgan fingerprint density at radius 3 is 2.93 bits per heavy atom. The van der Waals surface area contributed by atoms with Crippen molar-refractivity contribution in [3.63, 3.8) is 0 Å². The van der Waals surface area contributed by atoms with E-state index in [1.54, 1.807) is 7.11 Å². The minimum Gasteiger partial charge on any atom is -0.380 e. The Hall–Kier alpha value is -0.800. The minimum absolute atomic E-state index is 0.281. The van der Waals surface area contributed by atoms with Crippen molar-refractivity contribution in [2.24, 2.45) is 0 Å². The number of aryl methyl sites for hydroxylation is 1. The highest BCUT2D eigenvalue weighted by Crippen LogP contribution is 2.00. The highest BCUT2D eigenvalue weighted by Gasteiger charge is 1.99. The van der Waals surface area contributed by atoms with Gasteiger partial charge in [-0.3, -0.25) is 0 Å². The Balaban J connectivity index is 2.24. The van der Waals surface area contributed by atoms with Gasteiger partial charge in [-0.2, -0.15) is 0 Å². The molecular formula is C11H20N2O. The molecule has 0 bridgehead atoms. The van der Waals surface area contributed by atoms with Crippen LogP contribution in [0.5, 0.6) is 0 Å². The molecule has 14 heavy (non-hydrogen) atoms. The third-order valence-corrected chi connectivity index (χ3v) is 2.34. The third-order valence-electron chi connectivity index (χ3n) is 2.34. The Morgan fingerprint density at radius 2 is 2.36 bits per heavy atom. The molecular weight excluding hydrogens is 176 g/mol. The van der Waals surface area contributed by atoms with Crippen LogP contribution >= 0.6 is 0 Å². The maximum Gasteiger partial charge on any atom is 0.0667 e. The van der Waals surface area contributed by atoms with Crippen molar-refractivity contribution in [3.05, 3.63) is 24.0 Å². The van der Waals surface area contributed by atoms with E-state index >= 15 is 0 Å². The van der Waals surface area contributed by atoms with Gasteiger partial charge >= 0.3 is 0 Å². The Morgan fingerprint density at radius 1 is 1.57 bits per heavy atom. The average Bonchev–Trinajstić information content (AvgIpc) is 2.65. The van der Waals surface area contributed by atoms with Crippen LogP contribution in [0.1, 0.15) is 19.4 Å². The van der Waals surface area contributed by atoms with E-state index in [-0.39, 0.29) is 6.10 Å². The van der Waals surface area contributed by atoms with Crippen LogP contribution in [0.3, 0.4) is 0 Å². The number of hydrogen-bond donors (Lipinski definition) is 1. The molecule has 1 aromatic rings. The van der Waals surface area contributed by atoms with Gasteiger partial charge < -0.3 is 14.6 Å². The standard InChI is InChI=1S/C11H20N2O/c1-4-13-6-5-11(9-13)8-12-7-10(2)14-3/h5-6,9-10,12H,4,7-8H2,1-3H3. The van der Waals surface area contributed by atoms with E-state index in [9.17, 15) is 0 Å². The molecule has 0 amide bonds. The molecule has 0 radical (unpaired) electrons. The van der Waals surface area contributed by atoms with Crippen LogP contribution in [-0.2, 0) is 17.8 Å². The molecule has 0 aliphatic rings. The molecule has 80 valence electrons. The second-order valence-electron chi connectivity index (χ2n) is 3.53. The number of ether oxygens (including phenoxy) is 1. The first kappa shape index (κ1) is 11.3. The lowest BCUT2D eigenvalue weighted by molar-refractivity contribution is 0.117. The predicted molar refractivity (Wildman–Crippen MR) is 58.3 cm³/mol. The van der Waals surface area contributed by atoms with Crippen LogP contribution in [0.25, 0.3) is 0 Å². The van der Waals surface area contributed by atoms with Crippen LogP contribution in [0, 0.1) is 0 Å². The van der Waals surface area contributed by atoms with Crippen molar-refractivity contribution in [1.29, 1.82) is 0 Å². The Bertz CT molecular complexity index is 258. The summed E-state index contributed by atoms with van der Waals surface area (Å²) in [5.74, 6) is 0. The van der Waals surface area contributed by atoms with E-state index in [4.69, 9.17) is 4.74 Å². The highest BCUT2D eigenvalue weighted by molar-refractivity contribution is 5.09. The van der Waals surface area contributed by atoms with E-state index in [0.717, 1.165) is 19.6 Å². The summed E-state index contributed by atoms with van der Waals surface area (Å²) in [4.78, 5) is 0. The molecule has 3 heteroatoms. The molecule has 0 saturated heterocycles. The van der Waals surface area contributed by atoms with E-state index < -0.39 is 0 Å². The molecule has 1 heterocycles. The zero-order valence-electron chi connectivity index (χ0n) is 9.29. The molecule has 0 aliphatic carbocycles. The molecule has 1 aromatic heterocycles. The number of hydrogen-bond acceptors (Lipinski definition) is 2. The quantitative estimate of drug-likeness (QED) is 0.748. The van der Waals surface area contributed by atoms with Gasteiger partial charge in [-0.15, -0.1) is 0 Å². The normalized spacial score (nSPS) is 13.1. The van der Waals surface area contributed by atoms with Gasteiger partial charge in [0.15, 0.2) is 0 Å². The molecule has 0 aliphatic heterocycles. The fraction of sp³-hybridized carbons (Fsp3) is 0.636. The summed E-state index contributed by atoms with van der Waals surface area (Å²) in [5.41, 5.74) is 1.33. The number of aromatic nitrogens is 1. The van der Waals surface area contributed by atoms with Crippen LogP contribution in [-0.4, -0.2) is 24.3 Å². The summed E-state index contributed by atoms with van der Waals surface area (Å²) < 4.78 is 7.32. The Kier molecular flexibility index (Phi) is 4.70. The van der Waals surface area contributed by atoms with Crippen molar-refractivity contribution < 1.29 is 4.74 Å². The summed E-state index contributed by atoms with van der Waals surface area (Å²) in [6.45, 7) is 7.05. The van der Waals surface area contributed by atoms with E-state index in [2.05, 4.69) is 42.2 Å². The summed E-state index contributed by atoms with van der Waals surface area (Å²) in [6.07, 6.45) is 4.56. The lowest BCUT2D eigenvalue weighted by atomic mass is 10.3. The van der Waals surface area contributed by atoms with Gasteiger partial charge in [0.25, 0.3) is 0 Å². The first-order valence-electron chi connectivity index (χ1n) is 5.14. The highest BCUT2D eigenvalue weighted by atomic mass is 16.5. The van der Waals surface area contributed by atoms with Crippen LogP contribution in [0.4, 0.5) is 0 Å². The van der Waals surface area contributed by atoms with Crippen molar-refractivity contribution in [1.82, 2.24) is 9.88 Å². The van der Waals surface area contributed by atoms with Crippen molar-refractivity contribution in [2.75, 3.05) is 13.7 Å². The van der Waals surface area contributed by atoms with Crippen molar-refractivity contribution in [3.8, 4) is 0 Å². The fourth-order valence-corrected chi connectivity index (χ4v) is 1.29. The number of methoxy groups -OCH3 is 1. The molecule has 0 saturated carbocycles. The maximum atomic E-state index is 5.15. The first-order chi connectivity index (χ1) is 6.76. The second kappa shape index (κ2) is 5.83. The predicted octanol–water partition coefficient (Wildman–Crippen LogP) is 1.63. The smallest absolute Gasteiger partial charge is 0.0667 e. The number of nitrogens with zero attached hydrogens (tertiary/aromatic N) is 1. The minimum atomic E-state index is 0.281. The lowest BCUT2D eigenvalue weighted by Gasteiger charge is -2.09. The number of nitrogens with one attached hydrogen (secondary N) is 1. The molecule has 1 atom stereocenters. The SMILES string of the molecule is CCn1ccc(CNCC(C)OC)c1.